The van der Waals surface area contributed by atoms with Crippen LogP contribution in [0.15, 0.2) is 79.3 Å². The third kappa shape index (κ3) is 5.55. The van der Waals surface area contributed by atoms with E-state index in [1.807, 2.05) is 90.6 Å². The largest absolute Gasteiger partial charge is 0.382 e. The Morgan fingerprint density at radius 3 is 2.68 bits per heavy atom. The highest BCUT2D eigenvalue weighted by atomic mass is 16.2. The topological polar surface area (TPSA) is 114 Å². The summed E-state index contributed by atoms with van der Waals surface area (Å²) >= 11 is 0. The summed E-state index contributed by atoms with van der Waals surface area (Å²) in [5, 5.41) is 4.10. The molecule has 0 bridgehead atoms. The maximum atomic E-state index is 13.3. The van der Waals surface area contributed by atoms with Crippen LogP contribution in [0, 0.1) is 0 Å². The van der Waals surface area contributed by atoms with Crippen molar-refractivity contribution in [3.05, 3.63) is 90.7 Å². The Kier molecular flexibility index (Phi) is 7.58. The molecule has 5 aromatic rings. The molecule has 0 fully saturated rings. The number of aromatic nitrogens is 4. The molecule has 0 radical (unpaired) electrons. The number of imidazole rings is 1. The molecule has 10 nitrogen and oxygen atoms in total. The summed E-state index contributed by atoms with van der Waals surface area (Å²) in [6.45, 7) is 2.58. The van der Waals surface area contributed by atoms with Crippen LogP contribution in [0.3, 0.4) is 0 Å². The molecule has 1 atom stereocenters. The van der Waals surface area contributed by atoms with Gasteiger partial charge in [-0.15, -0.1) is 0 Å². The molecule has 3 heterocycles. The number of nitrogens with one attached hydrogen (secondary N) is 1. The van der Waals surface area contributed by atoms with Gasteiger partial charge in [0, 0.05) is 67.6 Å². The van der Waals surface area contributed by atoms with E-state index in [0.29, 0.717) is 46.2 Å². The van der Waals surface area contributed by atoms with Gasteiger partial charge in [-0.2, -0.15) is 0 Å². The average Bonchev–Trinajstić information content (AvgIpc) is 3.53. The lowest BCUT2D eigenvalue weighted by Gasteiger charge is -2.23. The number of nitrogens with two attached hydrogens (primary N) is 1. The quantitative estimate of drug-likeness (QED) is 0.278. The monoisotopic (exact) mass is 550 g/mol. The second kappa shape index (κ2) is 11.3. The van der Waals surface area contributed by atoms with Gasteiger partial charge < -0.3 is 25.4 Å². The molecule has 10 heteroatoms. The van der Waals surface area contributed by atoms with Crippen molar-refractivity contribution in [2.24, 2.45) is 7.05 Å². The molecule has 0 saturated heterocycles. The van der Waals surface area contributed by atoms with Crippen LogP contribution in [-0.4, -0.2) is 68.2 Å². The predicted molar refractivity (Wildman–Crippen MR) is 163 cm³/mol. The molecule has 5 rings (SSSR count). The average molecular weight is 551 g/mol. The van der Waals surface area contributed by atoms with Crippen molar-refractivity contribution < 1.29 is 9.59 Å². The fourth-order valence-electron chi connectivity index (χ4n) is 4.78. The number of amides is 2. The molecule has 41 heavy (non-hydrogen) atoms. The van der Waals surface area contributed by atoms with Crippen LogP contribution < -0.4 is 11.1 Å². The van der Waals surface area contributed by atoms with E-state index in [4.69, 9.17) is 10.7 Å². The van der Waals surface area contributed by atoms with Crippen molar-refractivity contribution in [1.29, 1.82) is 0 Å². The van der Waals surface area contributed by atoms with Gasteiger partial charge >= 0.3 is 0 Å². The number of fused-ring (bicyclic) bond motifs is 2. The van der Waals surface area contributed by atoms with E-state index < -0.39 is 0 Å². The Labute approximate surface area is 238 Å². The van der Waals surface area contributed by atoms with Gasteiger partial charge in [0.1, 0.15) is 22.9 Å². The van der Waals surface area contributed by atoms with E-state index >= 15 is 0 Å². The third-order valence-electron chi connectivity index (χ3n) is 7.19. The van der Waals surface area contributed by atoms with E-state index in [0.717, 1.165) is 10.9 Å². The summed E-state index contributed by atoms with van der Waals surface area (Å²) < 4.78 is 3.87. The number of nitrogen functional groups attached to an aromatic ring is 1. The van der Waals surface area contributed by atoms with Crippen molar-refractivity contribution in [1.82, 2.24) is 28.7 Å². The van der Waals surface area contributed by atoms with Crippen LogP contribution in [0.1, 0.15) is 29.1 Å². The highest BCUT2D eigenvalue weighted by Crippen LogP contribution is 2.32. The Balaban J connectivity index is 1.46. The van der Waals surface area contributed by atoms with Crippen LogP contribution in [0.2, 0.25) is 0 Å². The van der Waals surface area contributed by atoms with Crippen LogP contribution >= 0.6 is 0 Å². The molecule has 2 aromatic carbocycles. The number of nitrogens with zero attached hydrogens (tertiary/aromatic N) is 6. The minimum Gasteiger partial charge on any atom is -0.382 e. The smallest absolute Gasteiger partial charge is 0.255 e. The molecule has 0 unspecified atom stereocenters. The first-order valence-electron chi connectivity index (χ1n) is 13.3. The molecule has 0 saturated carbocycles. The minimum atomic E-state index is -0.367. The molecule has 210 valence electrons. The van der Waals surface area contributed by atoms with Crippen LogP contribution in [0.5, 0.6) is 0 Å². The normalized spacial score (nSPS) is 12.4. The summed E-state index contributed by atoms with van der Waals surface area (Å²) in [5.74, 6) is 0.566. The standard InChI is InChI=1S/C31H34N8O2/c1-20(38(5)26(40)10-7-15-36(2)3)30-35-27(28-29(32)33-14-17-39(28)30)22-8-6-9-23(18-22)31(41)34-24-12-11-21-13-16-37(4)25(21)19-24/h6-14,16-20H,15H2,1-5H3,(H2,32,33)(H,34,41)/b10-7+/t20-/m0/s1. The highest BCUT2D eigenvalue weighted by molar-refractivity contribution is 6.06. The van der Waals surface area contributed by atoms with E-state index in [-0.39, 0.29) is 17.9 Å². The van der Waals surface area contributed by atoms with Gasteiger partial charge in [-0.1, -0.05) is 24.3 Å². The molecular formula is C31H34N8O2. The minimum absolute atomic E-state index is 0.133. The number of hydrogen-bond acceptors (Lipinski definition) is 6. The molecule has 0 aliphatic carbocycles. The Morgan fingerprint density at radius 2 is 1.90 bits per heavy atom. The van der Waals surface area contributed by atoms with Crippen LogP contribution in [0.25, 0.3) is 27.7 Å². The molecule has 0 aliphatic heterocycles. The first-order chi connectivity index (χ1) is 19.6. The SMILES string of the molecule is C[C@@H](c1nc(-c2cccc(C(=O)Nc3ccc4ccn(C)c4c3)c2)c2c(N)nccn12)N(C)C(=O)/C=C/CN(C)C. The second-order valence-corrected chi connectivity index (χ2v) is 10.4. The molecule has 3 N–H and O–H groups in total. The van der Waals surface area contributed by atoms with Crippen molar-refractivity contribution in [3.63, 3.8) is 0 Å². The van der Waals surface area contributed by atoms with E-state index in [1.165, 1.54) is 0 Å². The van der Waals surface area contributed by atoms with Gasteiger partial charge in [-0.05, 0) is 56.7 Å². The summed E-state index contributed by atoms with van der Waals surface area (Å²) in [6.07, 6.45) is 8.78. The Morgan fingerprint density at radius 1 is 1.10 bits per heavy atom. The van der Waals surface area contributed by atoms with Gasteiger partial charge in [-0.3, -0.25) is 14.0 Å². The fourth-order valence-corrected chi connectivity index (χ4v) is 4.78. The van der Waals surface area contributed by atoms with Crippen LogP contribution in [0.4, 0.5) is 11.5 Å². The number of carbonyl (C=O) groups excluding carboxylic acids is 2. The van der Waals surface area contributed by atoms with Crippen molar-refractivity contribution in [2.75, 3.05) is 38.7 Å². The highest BCUT2D eigenvalue weighted by Gasteiger charge is 2.24. The lowest BCUT2D eigenvalue weighted by molar-refractivity contribution is -0.126. The van der Waals surface area contributed by atoms with Gasteiger partial charge in [0.15, 0.2) is 0 Å². The first kappa shape index (κ1) is 27.6. The lowest BCUT2D eigenvalue weighted by atomic mass is 10.1. The maximum absolute atomic E-state index is 13.3. The summed E-state index contributed by atoms with van der Waals surface area (Å²) in [5.41, 5.74) is 10.5. The number of aryl methyl sites for hydroxylation is 1. The zero-order valence-electron chi connectivity index (χ0n) is 23.9. The molecule has 3 aromatic heterocycles. The van der Waals surface area contributed by atoms with E-state index in [9.17, 15) is 9.59 Å². The van der Waals surface area contributed by atoms with E-state index in [1.54, 1.807) is 42.6 Å². The second-order valence-electron chi connectivity index (χ2n) is 10.4. The zero-order valence-corrected chi connectivity index (χ0v) is 23.9. The number of likely N-dealkylation sites (N-methyl/N-ethyl adjacent to an activating group) is 2. The van der Waals surface area contributed by atoms with Gasteiger partial charge in [0.25, 0.3) is 5.91 Å². The lowest BCUT2D eigenvalue weighted by Crippen LogP contribution is -2.29. The number of anilines is 2. The predicted octanol–water partition coefficient (Wildman–Crippen LogP) is 4.36. The van der Waals surface area contributed by atoms with E-state index in [2.05, 4.69) is 10.3 Å². The van der Waals surface area contributed by atoms with Crippen molar-refractivity contribution in [2.45, 2.75) is 13.0 Å². The molecule has 0 spiro atoms. The Bertz CT molecular complexity index is 1780. The number of carbonyl (C=O) groups is 2. The molecule has 0 aliphatic rings. The van der Waals surface area contributed by atoms with Gasteiger partial charge in [0.05, 0.1) is 6.04 Å². The molecule has 2 amide bonds. The van der Waals surface area contributed by atoms with Gasteiger partial charge in [-0.25, -0.2) is 9.97 Å². The molecular weight excluding hydrogens is 516 g/mol. The maximum Gasteiger partial charge on any atom is 0.255 e. The van der Waals surface area contributed by atoms with Crippen molar-refractivity contribution >= 4 is 39.7 Å². The number of hydrogen-bond donors (Lipinski definition) is 2. The number of rotatable bonds is 8. The Hall–Kier alpha value is -4.96. The van der Waals surface area contributed by atoms with Crippen molar-refractivity contribution in [3.8, 4) is 11.3 Å². The van der Waals surface area contributed by atoms with Crippen LogP contribution in [-0.2, 0) is 11.8 Å². The fraction of sp³-hybridized carbons (Fsp3) is 0.226. The summed E-state index contributed by atoms with van der Waals surface area (Å²) in [4.78, 5) is 39.0. The number of benzene rings is 2. The third-order valence-corrected chi connectivity index (χ3v) is 7.19. The zero-order chi connectivity index (χ0) is 29.3. The summed E-state index contributed by atoms with van der Waals surface area (Å²) in [6, 6.07) is 14.7. The summed E-state index contributed by atoms with van der Waals surface area (Å²) in [7, 11) is 7.60. The first-order valence-corrected chi connectivity index (χ1v) is 13.3. The van der Waals surface area contributed by atoms with Gasteiger partial charge in [0.2, 0.25) is 5.91 Å².